The van der Waals surface area contributed by atoms with E-state index in [0.29, 0.717) is 0 Å². The molecular formula is C9H10N4S. The first-order chi connectivity index (χ1) is 6.90. The van der Waals surface area contributed by atoms with Gasteiger partial charge < -0.3 is 5.32 Å². The van der Waals surface area contributed by atoms with Gasteiger partial charge in [0.2, 0.25) is 0 Å². The summed E-state index contributed by atoms with van der Waals surface area (Å²) in [4.78, 5) is 4.16. The molecule has 0 aliphatic rings. The van der Waals surface area contributed by atoms with Crippen LogP contribution in [0, 0.1) is 0 Å². The SMILES string of the molecule is CCNc1ccc(-c2cscn2)nn1. The summed E-state index contributed by atoms with van der Waals surface area (Å²) in [6, 6.07) is 3.82. The lowest BCUT2D eigenvalue weighted by atomic mass is 10.3. The molecule has 0 unspecified atom stereocenters. The summed E-state index contributed by atoms with van der Waals surface area (Å²) in [6.45, 7) is 2.88. The first-order valence-corrected chi connectivity index (χ1v) is 5.30. The third kappa shape index (κ3) is 1.88. The maximum atomic E-state index is 4.16. The predicted octanol–water partition coefficient (Wildman–Crippen LogP) is 2.03. The molecule has 4 nitrogen and oxygen atoms in total. The fraction of sp³-hybridized carbons (Fsp3) is 0.222. The fourth-order valence-corrected chi connectivity index (χ4v) is 1.63. The smallest absolute Gasteiger partial charge is 0.148 e. The first kappa shape index (κ1) is 9.08. The molecule has 0 atom stereocenters. The topological polar surface area (TPSA) is 50.7 Å². The van der Waals surface area contributed by atoms with E-state index >= 15 is 0 Å². The second-order valence-electron chi connectivity index (χ2n) is 2.71. The minimum atomic E-state index is 0.798. The predicted molar refractivity (Wildman–Crippen MR) is 57.3 cm³/mol. The molecular weight excluding hydrogens is 196 g/mol. The van der Waals surface area contributed by atoms with E-state index in [1.54, 1.807) is 16.8 Å². The molecule has 2 heterocycles. The molecule has 14 heavy (non-hydrogen) atoms. The van der Waals surface area contributed by atoms with E-state index in [4.69, 9.17) is 0 Å². The molecule has 0 spiro atoms. The van der Waals surface area contributed by atoms with Crippen molar-refractivity contribution in [3.05, 3.63) is 23.0 Å². The number of hydrogen-bond donors (Lipinski definition) is 1. The lowest BCUT2D eigenvalue weighted by Crippen LogP contribution is -2.00. The molecule has 0 amide bonds. The molecule has 0 radical (unpaired) electrons. The number of nitrogens with zero attached hydrogens (tertiary/aromatic N) is 3. The van der Waals surface area contributed by atoms with E-state index in [9.17, 15) is 0 Å². The summed E-state index contributed by atoms with van der Waals surface area (Å²) >= 11 is 1.55. The molecule has 0 aliphatic carbocycles. The van der Waals surface area contributed by atoms with Gasteiger partial charge in [-0.3, -0.25) is 0 Å². The van der Waals surface area contributed by atoms with Crippen molar-refractivity contribution in [2.24, 2.45) is 0 Å². The summed E-state index contributed by atoms with van der Waals surface area (Å²) < 4.78 is 0. The maximum Gasteiger partial charge on any atom is 0.148 e. The van der Waals surface area contributed by atoms with Gasteiger partial charge in [-0.25, -0.2) is 4.98 Å². The van der Waals surface area contributed by atoms with Crippen molar-refractivity contribution in [1.82, 2.24) is 15.2 Å². The highest BCUT2D eigenvalue weighted by molar-refractivity contribution is 7.07. The van der Waals surface area contributed by atoms with Crippen LogP contribution in [-0.4, -0.2) is 21.7 Å². The molecule has 0 saturated carbocycles. The van der Waals surface area contributed by atoms with E-state index in [1.807, 2.05) is 24.4 Å². The lowest BCUT2D eigenvalue weighted by Gasteiger charge is -2.00. The molecule has 2 aromatic rings. The second-order valence-corrected chi connectivity index (χ2v) is 3.43. The van der Waals surface area contributed by atoms with Gasteiger partial charge in [-0.1, -0.05) is 0 Å². The summed E-state index contributed by atoms with van der Waals surface area (Å²) in [6.07, 6.45) is 0. The van der Waals surface area contributed by atoms with Crippen LogP contribution < -0.4 is 5.32 Å². The third-order valence-electron chi connectivity index (χ3n) is 1.72. The van der Waals surface area contributed by atoms with Gasteiger partial charge in [-0.2, -0.15) is 0 Å². The van der Waals surface area contributed by atoms with E-state index in [-0.39, 0.29) is 0 Å². The Morgan fingerprint density at radius 2 is 2.21 bits per heavy atom. The van der Waals surface area contributed by atoms with Crippen molar-refractivity contribution in [3.63, 3.8) is 0 Å². The van der Waals surface area contributed by atoms with Gasteiger partial charge in [-0.15, -0.1) is 21.5 Å². The van der Waals surface area contributed by atoms with Crippen LogP contribution in [0.25, 0.3) is 11.4 Å². The highest BCUT2D eigenvalue weighted by Crippen LogP contribution is 2.16. The average Bonchev–Trinajstić information content (AvgIpc) is 2.72. The molecule has 0 bridgehead atoms. The monoisotopic (exact) mass is 206 g/mol. The first-order valence-electron chi connectivity index (χ1n) is 4.36. The second kappa shape index (κ2) is 4.15. The van der Waals surface area contributed by atoms with Crippen molar-refractivity contribution in [3.8, 4) is 11.4 Å². The number of aromatic nitrogens is 3. The Morgan fingerprint density at radius 1 is 1.29 bits per heavy atom. The maximum absolute atomic E-state index is 4.16. The highest BCUT2D eigenvalue weighted by atomic mass is 32.1. The van der Waals surface area contributed by atoms with Gasteiger partial charge in [0.15, 0.2) is 0 Å². The summed E-state index contributed by atoms with van der Waals surface area (Å²) in [5.74, 6) is 0.798. The molecule has 0 fully saturated rings. The number of rotatable bonds is 3. The minimum absolute atomic E-state index is 0.798. The van der Waals surface area contributed by atoms with Crippen molar-refractivity contribution in [2.45, 2.75) is 6.92 Å². The van der Waals surface area contributed by atoms with Crippen molar-refractivity contribution < 1.29 is 0 Å². The normalized spacial score (nSPS) is 10.1. The van der Waals surface area contributed by atoms with Gasteiger partial charge in [0.1, 0.15) is 17.2 Å². The average molecular weight is 206 g/mol. The summed E-state index contributed by atoms with van der Waals surface area (Å²) in [7, 11) is 0. The van der Waals surface area contributed by atoms with Gasteiger partial charge in [0, 0.05) is 11.9 Å². The standard InChI is InChI=1S/C9H10N4S/c1-2-10-9-4-3-7(12-13-9)8-5-14-6-11-8/h3-6H,2H2,1H3,(H,10,13). The summed E-state index contributed by atoms with van der Waals surface area (Å²) in [5, 5.41) is 13.1. The lowest BCUT2D eigenvalue weighted by molar-refractivity contribution is 1.01. The zero-order valence-electron chi connectivity index (χ0n) is 7.77. The zero-order chi connectivity index (χ0) is 9.80. The zero-order valence-corrected chi connectivity index (χ0v) is 8.58. The highest BCUT2D eigenvalue weighted by Gasteiger charge is 2.01. The van der Waals surface area contributed by atoms with Crippen LogP contribution in [0.2, 0.25) is 0 Å². The molecule has 0 aromatic carbocycles. The number of anilines is 1. The molecule has 0 saturated heterocycles. The van der Waals surface area contributed by atoms with E-state index in [2.05, 4.69) is 20.5 Å². The van der Waals surface area contributed by atoms with Crippen LogP contribution in [0.3, 0.4) is 0 Å². The van der Waals surface area contributed by atoms with E-state index in [1.165, 1.54) is 0 Å². The minimum Gasteiger partial charge on any atom is -0.369 e. The quantitative estimate of drug-likeness (QED) is 0.834. The van der Waals surface area contributed by atoms with Crippen LogP contribution in [-0.2, 0) is 0 Å². The number of nitrogens with one attached hydrogen (secondary N) is 1. The van der Waals surface area contributed by atoms with Gasteiger partial charge >= 0.3 is 0 Å². The molecule has 2 aromatic heterocycles. The molecule has 2 rings (SSSR count). The van der Waals surface area contributed by atoms with Crippen molar-refractivity contribution in [2.75, 3.05) is 11.9 Å². The van der Waals surface area contributed by atoms with Crippen molar-refractivity contribution in [1.29, 1.82) is 0 Å². The van der Waals surface area contributed by atoms with Crippen LogP contribution >= 0.6 is 11.3 Å². The van der Waals surface area contributed by atoms with Crippen molar-refractivity contribution >= 4 is 17.2 Å². The molecule has 0 aliphatic heterocycles. The molecule has 5 heteroatoms. The van der Waals surface area contributed by atoms with Gasteiger partial charge in [0.25, 0.3) is 0 Å². The molecule has 72 valence electrons. The fourth-order valence-electron chi connectivity index (χ4n) is 1.08. The Morgan fingerprint density at radius 3 is 2.79 bits per heavy atom. The van der Waals surface area contributed by atoms with Gasteiger partial charge in [-0.05, 0) is 19.1 Å². The van der Waals surface area contributed by atoms with Gasteiger partial charge in [0.05, 0.1) is 5.51 Å². The van der Waals surface area contributed by atoms with Crippen LogP contribution in [0.5, 0.6) is 0 Å². The molecule has 1 N–H and O–H groups in total. The Kier molecular flexibility index (Phi) is 2.69. The number of thiazole rings is 1. The number of hydrogen-bond acceptors (Lipinski definition) is 5. The Balaban J connectivity index is 2.22. The largest absolute Gasteiger partial charge is 0.369 e. The van der Waals surface area contributed by atoms with Crippen LogP contribution in [0.1, 0.15) is 6.92 Å². The Hall–Kier alpha value is -1.49. The third-order valence-corrected chi connectivity index (χ3v) is 2.30. The Bertz CT molecular complexity index is 382. The van der Waals surface area contributed by atoms with E-state index in [0.717, 1.165) is 23.8 Å². The summed E-state index contributed by atoms with van der Waals surface area (Å²) in [5.41, 5.74) is 3.48. The Labute approximate surface area is 86.0 Å². The van der Waals surface area contributed by atoms with Crippen LogP contribution in [0.4, 0.5) is 5.82 Å². The van der Waals surface area contributed by atoms with E-state index < -0.39 is 0 Å². The van der Waals surface area contributed by atoms with Crippen LogP contribution in [0.15, 0.2) is 23.0 Å².